The SMILES string of the molecule is COc1cccc(F)c1C(=O)N1CCCC1C(N)=S. The molecule has 0 spiro atoms. The summed E-state index contributed by atoms with van der Waals surface area (Å²) >= 11 is 4.95. The molecule has 0 bridgehead atoms. The Labute approximate surface area is 116 Å². The Morgan fingerprint density at radius 3 is 2.95 bits per heavy atom. The lowest BCUT2D eigenvalue weighted by molar-refractivity contribution is 0.0762. The molecule has 1 aromatic carbocycles. The standard InChI is InChI=1S/C13H15FN2O2S/c1-18-10-6-2-4-8(14)11(10)13(17)16-7-3-5-9(16)12(15)19/h2,4,6,9H,3,5,7H2,1H3,(H2,15,19). The first kappa shape index (κ1) is 13.7. The molecule has 19 heavy (non-hydrogen) atoms. The molecule has 2 N–H and O–H groups in total. The lowest BCUT2D eigenvalue weighted by Gasteiger charge is -2.24. The van der Waals surface area contributed by atoms with Gasteiger partial charge in [-0.2, -0.15) is 0 Å². The van der Waals surface area contributed by atoms with Crippen LogP contribution in [0.2, 0.25) is 0 Å². The summed E-state index contributed by atoms with van der Waals surface area (Å²) in [6, 6.07) is 4.00. The maximum absolute atomic E-state index is 13.9. The number of nitrogens with two attached hydrogens (primary N) is 1. The van der Waals surface area contributed by atoms with E-state index in [1.807, 2.05) is 0 Å². The summed E-state index contributed by atoms with van der Waals surface area (Å²) in [4.78, 5) is 14.2. The van der Waals surface area contributed by atoms with Crippen LogP contribution in [0.4, 0.5) is 4.39 Å². The molecule has 0 saturated carbocycles. The van der Waals surface area contributed by atoms with E-state index in [1.165, 1.54) is 24.1 Å². The molecule has 1 saturated heterocycles. The highest BCUT2D eigenvalue weighted by molar-refractivity contribution is 7.80. The number of likely N-dealkylation sites (tertiary alicyclic amines) is 1. The van der Waals surface area contributed by atoms with E-state index in [1.54, 1.807) is 6.07 Å². The highest BCUT2D eigenvalue weighted by atomic mass is 32.1. The van der Waals surface area contributed by atoms with Gasteiger partial charge < -0.3 is 15.4 Å². The second kappa shape index (κ2) is 5.52. The Bertz CT molecular complexity index is 521. The fourth-order valence-corrected chi connectivity index (χ4v) is 2.58. The molecule has 1 heterocycles. The number of benzene rings is 1. The predicted molar refractivity (Wildman–Crippen MR) is 73.8 cm³/mol. The van der Waals surface area contributed by atoms with Gasteiger partial charge in [-0.3, -0.25) is 4.79 Å². The lowest BCUT2D eigenvalue weighted by atomic mass is 10.1. The van der Waals surface area contributed by atoms with Gasteiger partial charge in [-0.15, -0.1) is 0 Å². The van der Waals surface area contributed by atoms with E-state index in [4.69, 9.17) is 22.7 Å². The highest BCUT2D eigenvalue weighted by Gasteiger charge is 2.33. The van der Waals surface area contributed by atoms with E-state index in [2.05, 4.69) is 0 Å². The molecular weight excluding hydrogens is 267 g/mol. The van der Waals surface area contributed by atoms with Crippen LogP contribution in [-0.4, -0.2) is 35.5 Å². The molecule has 1 aliphatic heterocycles. The van der Waals surface area contributed by atoms with E-state index in [0.29, 0.717) is 6.54 Å². The Morgan fingerprint density at radius 1 is 1.58 bits per heavy atom. The molecule has 1 unspecified atom stereocenters. The molecular formula is C13H15FN2O2S. The minimum absolute atomic E-state index is 0.0619. The molecule has 2 rings (SSSR count). The summed E-state index contributed by atoms with van der Waals surface area (Å²) in [5, 5.41) is 0. The van der Waals surface area contributed by atoms with Crippen LogP contribution < -0.4 is 10.5 Å². The Morgan fingerprint density at radius 2 is 2.32 bits per heavy atom. The fraction of sp³-hybridized carbons (Fsp3) is 0.385. The van der Waals surface area contributed by atoms with Crippen molar-refractivity contribution in [2.24, 2.45) is 5.73 Å². The summed E-state index contributed by atoms with van der Waals surface area (Å²) < 4.78 is 18.9. The van der Waals surface area contributed by atoms with Gasteiger partial charge >= 0.3 is 0 Å². The van der Waals surface area contributed by atoms with Gasteiger partial charge in [0.25, 0.3) is 5.91 Å². The topological polar surface area (TPSA) is 55.6 Å². The highest BCUT2D eigenvalue weighted by Crippen LogP contribution is 2.27. The van der Waals surface area contributed by atoms with E-state index in [0.717, 1.165) is 12.8 Å². The number of rotatable bonds is 3. The number of ether oxygens (including phenoxy) is 1. The van der Waals surface area contributed by atoms with Crippen molar-refractivity contribution in [1.82, 2.24) is 4.90 Å². The molecule has 102 valence electrons. The van der Waals surface area contributed by atoms with Crippen molar-refractivity contribution < 1.29 is 13.9 Å². The molecule has 1 fully saturated rings. The number of thiocarbonyl (C=S) groups is 1. The third-order valence-corrected chi connectivity index (χ3v) is 3.52. The number of halogens is 1. The maximum atomic E-state index is 13.9. The average Bonchev–Trinajstić information content (AvgIpc) is 2.87. The summed E-state index contributed by atoms with van der Waals surface area (Å²) in [7, 11) is 1.40. The summed E-state index contributed by atoms with van der Waals surface area (Å²) in [6.45, 7) is 0.526. The van der Waals surface area contributed by atoms with Crippen LogP contribution in [0.5, 0.6) is 5.75 Å². The third kappa shape index (κ3) is 2.53. The molecule has 6 heteroatoms. The van der Waals surface area contributed by atoms with Crippen molar-refractivity contribution in [3.63, 3.8) is 0 Å². The molecule has 0 aliphatic carbocycles. The number of nitrogens with zero attached hydrogens (tertiary/aromatic N) is 1. The van der Waals surface area contributed by atoms with Gasteiger partial charge in [0.05, 0.1) is 18.1 Å². The van der Waals surface area contributed by atoms with Crippen LogP contribution in [0.1, 0.15) is 23.2 Å². The van der Waals surface area contributed by atoms with Crippen LogP contribution in [0.15, 0.2) is 18.2 Å². The molecule has 1 atom stereocenters. The van der Waals surface area contributed by atoms with Gasteiger partial charge in [-0.25, -0.2) is 4.39 Å². The molecule has 0 aromatic heterocycles. The lowest BCUT2D eigenvalue weighted by Crippen LogP contribution is -2.43. The molecule has 4 nitrogen and oxygen atoms in total. The number of hydrogen-bond donors (Lipinski definition) is 1. The van der Waals surface area contributed by atoms with E-state index < -0.39 is 11.7 Å². The first-order chi connectivity index (χ1) is 9.06. The molecule has 1 aromatic rings. The average molecular weight is 282 g/mol. The summed E-state index contributed by atoms with van der Waals surface area (Å²) in [5.41, 5.74) is 5.56. The zero-order valence-electron chi connectivity index (χ0n) is 10.6. The van der Waals surface area contributed by atoms with Gasteiger partial charge in [0.15, 0.2) is 0 Å². The third-order valence-electron chi connectivity index (χ3n) is 3.25. The first-order valence-electron chi connectivity index (χ1n) is 5.99. The Kier molecular flexibility index (Phi) is 3.99. The number of hydrogen-bond acceptors (Lipinski definition) is 3. The first-order valence-corrected chi connectivity index (χ1v) is 6.40. The zero-order chi connectivity index (χ0) is 14.0. The van der Waals surface area contributed by atoms with E-state index >= 15 is 0 Å². The summed E-state index contributed by atoms with van der Waals surface area (Å²) in [6.07, 6.45) is 1.53. The van der Waals surface area contributed by atoms with Gasteiger partial charge in [0.2, 0.25) is 0 Å². The predicted octanol–water partition coefficient (Wildman–Crippen LogP) is 1.73. The van der Waals surface area contributed by atoms with Crippen LogP contribution >= 0.6 is 12.2 Å². The molecule has 1 aliphatic rings. The molecule has 0 radical (unpaired) electrons. The van der Waals surface area contributed by atoms with Crippen molar-refractivity contribution in [1.29, 1.82) is 0 Å². The van der Waals surface area contributed by atoms with E-state index in [9.17, 15) is 9.18 Å². The smallest absolute Gasteiger partial charge is 0.261 e. The number of methoxy groups -OCH3 is 1. The maximum Gasteiger partial charge on any atom is 0.261 e. The minimum atomic E-state index is -0.599. The Balaban J connectivity index is 2.37. The van der Waals surface area contributed by atoms with Crippen molar-refractivity contribution >= 4 is 23.1 Å². The summed E-state index contributed by atoms with van der Waals surface area (Å²) in [5.74, 6) is -0.804. The van der Waals surface area contributed by atoms with E-state index in [-0.39, 0.29) is 22.3 Å². The number of amides is 1. The fourth-order valence-electron chi connectivity index (χ4n) is 2.33. The van der Waals surface area contributed by atoms with Crippen LogP contribution in [0, 0.1) is 5.82 Å². The zero-order valence-corrected chi connectivity index (χ0v) is 11.4. The number of carbonyl (C=O) groups is 1. The van der Waals surface area contributed by atoms with Crippen molar-refractivity contribution in [3.8, 4) is 5.75 Å². The molecule has 1 amide bonds. The van der Waals surface area contributed by atoms with Gasteiger partial charge in [-0.1, -0.05) is 18.3 Å². The van der Waals surface area contributed by atoms with Crippen molar-refractivity contribution in [3.05, 3.63) is 29.6 Å². The number of carbonyl (C=O) groups excluding carboxylic acids is 1. The quantitative estimate of drug-likeness (QED) is 0.858. The van der Waals surface area contributed by atoms with Gasteiger partial charge in [0, 0.05) is 6.54 Å². The van der Waals surface area contributed by atoms with Crippen molar-refractivity contribution in [2.45, 2.75) is 18.9 Å². The van der Waals surface area contributed by atoms with Crippen LogP contribution in [0.3, 0.4) is 0 Å². The van der Waals surface area contributed by atoms with Gasteiger partial charge in [0.1, 0.15) is 17.1 Å². The van der Waals surface area contributed by atoms with Gasteiger partial charge in [-0.05, 0) is 25.0 Å². The van der Waals surface area contributed by atoms with Crippen LogP contribution in [0.25, 0.3) is 0 Å². The Hall–Kier alpha value is -1.69. The largest absolute Gasteiger partial charge is 0.496 e. The minimum Gasteiger partial charge on any atom is -0.496 e. The monoisotopic (exact) mass is 282 g/mol. The second-order valence-electron chi connectivity index (χ2n) is 4.38. The van der Waals surface area contributed by atoms with Crippen LogP contribution in [-0.2, 0) is 0 Å². The van der Waals surface area contributed by atoms with Crippen molar-refractivity contribution in [2.75, 3.05) is 13.7 Å². The second-order valence-corrected chi connectivity index (χ2v) is 4.85. The normalized spacial score (nSPS) is 18.4.